The summed E-state index contributed by atoms with van der Waals surface area (Å²) in [5, 5.41) is 7.08. The van der Waals surface area contributed by atoms with Crippen LogP contribution < -0.4 is 4.72 Å². The van der Waals surface area contributed by atoms with E-state index in [1.54, 1.807) is 30.3 Å². The molecule has 2 aromatic rings. The molecule has 19 heavy (non-hydrogen) atoms. The lowest BCUT2D eigenvalue weighted by Gasteiger charge is -2.06. The summed E-state index contributed by atoms with van der Waals surface area (Å²) in [5.41, 5.74) is 0.683. The monoisotopic (exact) mass is 280 g/mol. The molecule has 0 radical (unpaired) electrons. The van der Waals surface area contributed by atoms with Crippen molar-refractivity contribution in [2.75, 3.05) is 0 Å². The van der Waals surface area contributed by atoms with Gasteiger partial charge in [-0.05, 0) is 5.56 Å². The molecule has 1 aromatic carbocycles. The van der Waals surface area contributed by atoms with Gasteiger partial charge in [0.2, 0.25) is 10.0 Å². The molecule has 0 unspecified atom stereocenters. The molecule has 2 rings (SSSR count). The molecule has 0 saturated heterocycles. The van der Waals surface area contributed by atoms with Crippen molar-refractivity contribution >= 4 is 15.9 Å². The fourth-order valence-corrected chi connectivity index (χ4v) is 2.61. The molecule has 0 spiro atoms. The first kappa shape index (κ1) is 13.2. The van der Waals surface area contributed by atoms with Crippen LogP contribution in [0.5, 0.6) is 0 Å². The first-order valence-corrected chi connectivity index (χ1v) is 7.06. The highest BCUT2D eigenvalue weighted by atomic mass is 32.2. The zero-order valence-electron chi connectivity index (χ0n) is 10.1. The van der Waals surface area contributed by atoms with Crippen LogP contribution in [0.4, 0.5) is 0 Å². The summed E-state index contributed by atoms with van der Waals surface area (Å²) in [4.78, 5) is 11.7. The molecule has 100 valence electrons. The second-order valence-corrected chi connectivity index (χ2v) is 5.64. The highest BCUT2D eigenvalue weighted by molar-refractivity contribution is 7.89. The topological polar surface area (TPSA) is 93.9 Å². The minimum atomic E-state index is -3.75. The maximum Gasteiger partial charge on any atom is 0.284 e. The number of rotatable bonds is 4. The molecule has 0 bridgehead atoms. The Morgan fingerprint density at radius 2 is 2.00 bits per heavy atom. The van der Waals surface area contributed by atoms with E-state index in [1.165, 1.54) is 17.9 Å². The molecule has 1 N–H and O–H groups in total. The largest absolute Gasteiger partial charge is 0.284 e. The van der Waals surface area contributed by atoms with Gasteiger partial charge in [-0.3, -0.25) is 4.79 Å². The van der Waals surface area contributed by atoms with Crippen LogP contribution in [0.15, 0.2) is 36.5 Å². The maximum absolute atomic E-state index is 11.8. The number of aryl methyl sites for hydroxylation is 1. The Morgan fingerprint density at radius 1 is 1.32 bits per heavy atom. The van der Waals surface area contributed by atoms with Crippen LogP contribution in [0.3, 0.4) is 0 Å². The summed E-state index contributed by atoms with van der Waals surface area (Å²) in [7, 11) is -2.24. The number of benzene rings is 1. The van der Waals surface area contributed by atoms with Crippen molar-refractivity contribution < 1.29 is 13.2 Å². The quantitative estimate of drug-likeness (QED) is 0.855. The van der Waals surface area contributed by atoms with E-state index in [4.69, 9.17) is 0 Å². The van der Waals surface area contributed by atoms with Crippen molar-refractivity contribution in [3.05, 3.63) is 47.8 Å². The molecule has 0 atom stereocenters. The van der Waals surface area contributed by atoms with E-state index in [9.17, 15) is 13.2 Å². The van der Waals surface area contributed by atoms with E-state index < -0.39 is 15.9 Å². The molecule has 1 amide bonds. The van der Waals surface area contributed by atoms with Crippen LogP contribution in [0.1, 0.15) is 16.1 Å². The summed E-state index contributed by atoms with van der Waals surface area (Å²) in [6.45, 7) is 0. The van der Waals surface area contributed by atoms with Gasteiger partial charge in [-0.1, -0.05) is 35.5 Å². The molecule has 0 aliphatic heterocycles. The molecule has 0 aliphatic carbocycles. The Kier molecular flexibility index (Phi) is 3.61. The minimum absolute atomic E-state index is 0.0802. The summed E-state index contributed by atoms with van der Waals surface area (Å²) in [5.74, 6) is -1.01. The first-order chi connectivity index (χ1) is 8.98. The maximum atomic E-state index is 11.8. The predicted molar refractivity (Wildman–Crippen MR) is 67.5 cm³/mol. The number of carbonyl (C=O) groups excluding carboxylic acids is 1. The van der Waals surface area contributed by atoms with Crippen LogP contribution in [-0.4, -0.2) is 29.3 Å². The second-order valence-electron chi connectivity index (χ2n) is 3.92. The van der Waals surface area contributed by atoms with E-state index in [0.29, 0.717) is 5.56 Å². The summed E-state index contributed by atoms with van der Waals surface area (Å²) >= 11 is 0. The van der Waals surface area contributed by atoms with Crippen molar-refractivity contribution in [1.82, 2.24) is 19.7 Å². The standard InChI is InChI=1S/C11H12N4O3S/c1-15-10(7-12-14-15)11(16)13-19(17,18)8-9-5-3-2-4-6-9/h2-7H,8H2,1H3,(H,13,16). The smallest absolute Gasteiger partial charge is 0.266 e. The molecule has 0 saturated carbocycles. The molecule has 0 fully saturated rings. The van der Waals surface area contributed by atoms with Gasteiger partial charge in [0.15, 0.2) is 0 Å². The van der Waals surface area contributed by atoms with E-state index in [2.05, 4.69) is 10.3 Å². The molecule has 8 heteroatoms. The number of amides is 1. The van der Waals surface area contributed by atoms with Gasteiger partial charge in [0.05, 0.1) is 11.9 Å². The lowest BCUT2D eigenvalue weighted by molar-refractivity contribution is 0.0972. The van der Waals surface area contributed by atoms with Gasteiger partial charge in [-0.25, -0.2) is 17.8 Å². The Bertz CT molecular complexity index is 679. The van der Waals surface area contributed by atoms with Gasteiger partial charge in [0, 0.05) is 7.05 Å². The van der Waals surface area contributed by atoms with Crippen LogP contribution in [-0.2, 0) is 22.8 Å². The third kappa shape index (κ3) is 3.38. The number of sulfonamides is 1. The Balaban J connectivity index is 2.10. The second kappa shape index (κ2) is 5.19. The average molecular weight is 280 g/mol. The van der Waals surface area contributed by atoms with Gasteiger partial charge in [0.25, 0.3) is 5.91 Å². The fourth-order valence-electron chi connectivity index (χ4n) is 1.52. The van der Waals surface area contributed by atoms with Gasteiger partial charge in [-0.15, -0.1) is 5.10 Å². The fraction of sp³-hybridized carbons (Fsp3) is 0.182. The van der Waals surface area contributed by atoms with Gasteiger partial charge in [0.1, 0.15) is 5.69 Å². The molecular weight excluding hydrogens is 268 g/mol. The van der Waals surface area contributed by atoms with Gasteiger partial charge >= 0.3 is 0 Å². The van der Waals surface area contributed by atoms with Gasteiger partial charge < -0.3 is 0 Å². The Hall–Kier alpha value is -2.22. The third-order valence-electron chi connectivity index (χ3n) is 2.39. The molecular formula is C11H12N4O3S. The number of carbonyl (C=O) groups is 1. The first-order valence-electron chi connectivity index (χ1n) is 5.41. The van der Waals surface area contributed by atoms with Crippen LogP contribution >= 0.6 is 0 Å². The number of nitrogens with one attached hydrogen (secondary N) is 1. The number of nitrogens with zero attached hydrogens (tertiary/aromatic N) is 3. The number of aromatic nitrogens is 3. The zero-order valence-corrected chi connectivity index (χ0v) is 11.0. The van der Waals surface area contributed by atoms with E-state index in [0.717, 1.165) is 0 Å². The summed E-state index contributed by atoms with van der Waals surface area (Å²) < 4.78 is 26.9. The molecule has 1 heterocycles. The van der Waals surface area contributed by atoms with Crippen molar-refractivity contribution in [3.8, 4) is 0 Å². The van der Waals surface area contributed by atoms with E-state index in [-0.39, 0.29) is 11.4 Å². The van der Waals surface area contributed by atoms with Crippen molar-refractivity contribution in [1.29, 1.82) is 0 Å². The average Bonchev–Trinajstić information content (AvgIpc) is 2.75. The zero-order chi connectivity index (χ0) is 13.9. The van der Waals surface area contributed by atoms with E-state index in [1.807, 2.05) is 4.72 Å². The highest BCUT2D eigenvalue weighted by Gasteiger charge is 2.19. The summed E-state index contributed by atoms with van der Waals surface area (Å²) in [6.07, 6.45) is 1.20. The van der Waals surface area contributed by atoms with Crippen molar-refractivity contribution in [2.24, 2.45) is 7.05 Å². The minimum Gasteiger partial charge on any atom is -0.266 e. The van der Waals surface area contributed by atoms with Crippen LogP contribution in [0, 0.1) is 0 Å². The lowest BCUT2D eigenvalue weighted by Crippen LogP contribution is -2.32. The molecule has 7 nitrogen and oxygen atoms in total. The SMILES string of the molecule is Cn1nncc1C(=O)NS(=O)(=O)Cc1ccccc1. The molecule has 0 aliphatic rings. The number of hydrogen-bond acceptors (Lipinski definition) is 5. The Labute approximate surface area is 110 Å². The van der Waals surface area contributed by atoms with Crippen molar-refractivity contribution in [3.63, 3.8) is 0 Å². The lowest BCUT2D eigenvalue weighted by atomic mass is 10.2. The third-order valence-corrected chi connectivity index (χ3v) is 3.60. The predicted octanol–water partition coefficient (Wildman–Crippen LogP) is 0.0749. The normalized spacial score (nSPS) is 11.2. The number of hydrogen-bond donors (Lipinski definition) is 1. The van der Waals surface area contributed by atoms with Crippen LogP contribution in [0.2, 0.25) is 0 Å². The molecule has 1 aromatic heterocycles. The van der Waals surface area contributed by atoms with E-state index >= 15 is 0 Å². The summed E-state index contributed by atoms with van der Waals surface area (Å²) in [6, 6.07) is 8.61. The van der Waals surface area contributed by atoms with Crippen LogP contribution in [0.25, 0.3) is 0 Å². The Morgan fingerprint density at radius 3 is 2.58 bits per heavy atom. The van der Waals surface area contributed by atoms with Gasteiger partial charge in [-0.2, -0.15) is 0 Å². The highest BCUT2D eigenvalue weighted by Crippen LogP contribution is 2.05. The van der Waals surface area contributed by atoms with Crippen molar-refractivity contribution in [2.45, 2.75) is 5.75 Å².